The molecular weight excluding hydrogens is 246 g/mol. The lowest BCUT2D eigenvalue weighted by Crippen LogP contribution is -2.35. The summed E-state index contributed by atoms with van der Waals surface area (Å²) in [5, 5.41) is 0.791. The normalized spacial score (nSPS) is 22.6. The maximum Gasteiger partial charge on any atom is 0.0469 e. The molecule has 0 bridgehead atoms. The fourth-order valence-electron chi connectivity index (χ4n) is 2.52. The minimum absolute atomic E-state index is 0.345. The maximum absolute atomic E-state index is 5.96. The van der Waals surface area contributed by atoms with Gasteiger partial charge < -0.3 is 10.6 Å². The molecule has 1 heterocycles. The molecule has 1 saturated heterocycles. The minimum Gasteiger partial charge on any atom is -0.326 e. The van der Waals surface area contributed by atoms with Crippen molar-refractivity contribution in [3.63, 3.8) is 0 Å². The summed E-state index contributed by atoms with van der Waals surface area (Å²) in [4.78, 5) is 4.71. The third-order valence-electron chi connectivity index (χ3n) is 3.62. The van der Waals surface area contributed by atoms with Crippen molar-refractivity contribution in [2.24, 2.45) is 5.73 Å². The summed E-state index contributed by atoms with van der Waals surface area (Å²) >= 11 is 5.94. The summed E-state index contributed by atoms with van der Waals surface area (Å²) in [7, 11) is 4.24. The first-order valence-corrected chi connectivity index (χ1v) is 6.84. The van der Waals surface area contributed by atoms with E-state index >= 15 is 0 Å². The first-order chi connectivity index (χ1) is 8.56. The van der Waals surface area contributed by atoms with Crippen molar-refractivity contribution < 1.29 is 0 Å². The lowest BCUT2D eigenvalue weighted by molar-refractivity contribution is 0.208. The quantitative estimate of drug-likeness (QED) is 0.906. The van der Waals surface area contributed by atoms with Crippen LogP contribution in [-0.2, 0) is 0 Å². The van der Waals surface area contributed by atoms with Gasteiger partial charge in [0, 0.05) is 30.2 Å². The Morgan fingerprint density at radius 3 is 2.56 bits per heavy atom. The maximum atomic E-state index is 5.96. The Morgan fingerprint density at radius 1 is 1.39 bits per heavy atom. The Morgan fingerprint density at radius 2 is 2.06 bits per heavy atom. The van der Waals surface area contributed by atoms with E-state index in [1.165, 1.54) is 5.56 Å². The molecule has 3 nitrogen and oxygen atoms in total. The van der Waals surface area contributed by atoms with E-state index in [1.807, 2.05) is 12.1 Å². The van der Waals surface area contributed by atoms with Gasteiger partial charge in [-0.3, -0.25) is 4.90 Å². The Kier molecular flexibility index (Phi) is 4.62. The molecule has 0 amide bonds. The second-order valence-electron chi connectivity index (χ2n) is 5.34. The van der Waals surface area contributed by atoms with Gasteiger partial charge in [-0.1, -0.05) is 23.7 Å². The molecule has 2 rings (SSSR count). The predicted molar refractivity (Wildman–Crippen MR) is 76.9 cm³/mol. The minimum atomic E-state index is 0.345. The highest BCUT2D eigenvalue weighted by molar-refractivity contribution is 6.30. The largest absolute Gasteiger partial charge is 0.326 e. The van der Waals surface area contributed by atoms with Crippen molar-refractivity contribution in [1.82, 2.24) is 9.80 Å². The number of hydrogen-bond acceptors (Lipinski definition) is 3. The van der Waals surface area contributed by atoms with E-state index in [2.05, 4.69) is 36.0 Å². The Bertz CT molecular complexity index is 377. The highest BCUT2D eigenvalue weighted by Crippen LogP contribution is 2.23. The molecule has 4 heteroatoms. The zero-order valence-electron chi connectivity index (χ0n) is 11.1. The first kappa shape index (κ1) is 13.8. The molecule has 0 radical (unpaired) electrons. The second kappa shape index (κ2) is 6.02. The molecule has 100 valence electrons. The van der Waals surface area contributed by atoms with E-state index in [0.29, 0.717) is 12.1 Å². The van der Waals surface area contributed by atoms with Gasteiger partial charge in [0.1, 0.15) is 0 Å². The highest BCUT2D eigenvalue weighted by atomic mass is 35.5. The van der Waals surface area contributed by atoms with E-state index in [-0.39, 0.29) is 0 Å². The summed E-state index contributed by atoms with van der Waals surface area (Å²) in [5.74, 6) is 0. The third-order valence-corrected chi connectivity index (χ3v) is 3.87. The van der Waals surface area contributed by atoms with Crippen molar-refractivity contribution >= 4 is 11.6 Å². The Balaban J connectivity index is 2.06. The van der Waals surface area contributed by atoms with E-state index in [4.69, 9.17) is 17.3 Å². The van der Waals surface area contributed by atoms with Crippen LogP contribution < -0.4 is 5.73 Å². The van der Waals surface area contributed by atoms with Gasteiger partial charge in [-0.05, 0) is 44.8 Å². The molecule has 2 unspecified atom stereocenters. The number of benzene rings is 1. The molecule has 0 aromatic heterocycles. The topological polar surface area (TPSA) is 32.5 Å². The highest BCUT2D eigenvalue weighted by Gasteiger charge is 2.23. The number of rotatable bonds is 4. The summed E-state index contributed by atoms with van der Waals surface area (Å²) in [5.41, 5.74) is 7.27. The van der Waals surface area contributed by atoms with Crippen molar-refractivity contribution in [2.75, 3.05) is 33.7 Å². The van der Waals surface area contributed by atoms with Gasteiger partial charge in [0.15, 0.2) is 0 Å². The summed E-state index contributed by atoms with van der Waals surface area (Å²) < 4.78 is 0. The van der Waals surface area contributed by atoms with Crippen LogP contribution in [0.5, 0.6) is 0 Å². The van der Waals surface area contributed by atoms with Crippen molar-refractivity contribution in [3.05, 3.63) is 34.9 Å². The summed E-state index contributed by atoms with van der Waals surface area (Å²) in [6.07, 6.45) is 1.11. The molecule has 0 aliphatic carbocycles. The molecule has 1 aliphatic heterocycles. The third kappa shape index (κ3) is 3.45. The van der Waals surface area contributed by atoms with Crippen LogP contribution in [0, 0.1) is 0 Å². The molecule has 1 aromatic rings. The number of likely N-dealkylation sites (tertiary alicyclic amines) is 1. The first-order valence-electron chi connectivity index (χ1n) is 6.46. The van der Waals surface area contributed by atoms with Gasteiger partial charge in [-0.25, -0.2) is 0 Å². The molecule has 0 spiro atoms. The van der Waals surface area contributed by atoms with Crippen LogP contribution in [0.3, 0.4) is 0 Å². The van der Waals surface area contributed by atoms with Crippen LogP contribution in [0.2, 0.25) is 5.02 Å². The molecule has 0 saturated carbocycles. The molecule has 1 aliphatic rings. The van der Waals surface area contributed by atoms with E-state index in [9.17, 15) is 0 Å². The molecule has 1 aromatic carbocycles. The Labute approximate surface area is 115 Å². The van der Waals surface area contributed by atoms with Crippen LogP contribution >= 0.6 is 11.6 Å². The smallest absolute Gasteiger partial charge is 0.0469 e. The van der Waals surface area contributed by atoms with Gasteiger partial charge in [0.2, 0.25) is 0 Å². The summed E-state index contributed by atoms with van der Waals surface area (Å²) in [6, 6.07) is 8.89. The number of halogens is 1. The Hall–Kier alpha value is -0.610. The van der Waals surface area contributed by atoms with E-state index in [0.717, 1.165) is 31.1 Å². The molecular formula is C14H22ClN3. The van der Waals surface area contributed by atoms with Crippen LogP contribution in [0.1, 0.15) is 18.0 Å². The van der Waals surface area contributed by atoms with Crippen LogP contribution in [0.25, 0.3) is 0 Å². The lowest BCUT2D eigenvalue weighted by atomic mass is 10.1. The van der Waals surface area contributed by atoms with Gasteiger partial charge in [0.05, 0.1) is 0 Å². The standard InChI is InChI=1S/C14H22ClN3/c1-17(2)14(10-18-8-7-13(16)9-18)11-3-5-12(15)6-4-11/h3-6,13-14H,7-10,16H2,1-2H3. The fourth-order valence-corrected chi connectivity index (χ4v) is 2.65. The SMILES string of the molecule is CN(C)C(CN1CCC(N)C1)c1ccc(Cl)cc1. The average Bonchev–Trinajstić information content (AvgIpc) is 2.73. The van der Waals surface area contributed by atoms with Crippen LogP contribution in [0.4, 0.5) is 0 Å². The number of likely N-dealkylation sites (N-methyl/N-ethyl adjacent to an activating group) is 1. The van der Waals surface area contributed by atoms with Gasteiger partial charge in [-0.15, -0.1) is 0 Å². The van der Waals surface area contributed by atoms with E-state index in [1.54, 1.807) is 0 Å². The van der Waals surface area contributed by atoms with Gasteiger partial charge in [0.25, 0.3) is 0 Å². The zero-order valence-corrected chi connectivity index (χ0v) is 11.9. The second-order valence-corrected chi connectivity index (χ2v) is 5.78. The number of hydrogen-bond donors (Lipinski definition) is 1. The van der Waals surface area contributed by atoms with Crippen LogP contribution in [-0.4, -0.2) is 49.6 Å². The van der Waals surface area contributed by atoms with Crippen molar-refractivity contribution in [1.29, 1.82) is 0 Å². The molecule has 18 heavy (non-hydrogen) atoms. The summed E-state index contributed by atoms with van der Waals surface area (Å²) in [6.45, 7) is 3.15. The van der Waals surface area contributed by atoms with Gasteiger partial charge >= 0.3 is 0 Å². The average molecular weight is 268 g/mol. The van der Waals surface area contributed by atoms with E-state index < -0.39 is 0 Å². The lowest BCUT2D eigenvalue weighted by Gasteiger charge is -2.29. The monoisotopic (exact) mass is 267 g/mol. The fraction of sp³-hybridized carbons (Fsp3) is 0.571. The zero-order chi connectivity index (χ0) is 13.1. The molecule has 2 N–H and O–H groups in total. The van der Waals surface area contributed by atoms with Gasteiger partial charge in [-0.2, -0.15) is 0 Å². The van der Waals surface area contributed by atoms with Crippen molar-refractivity contribution in [3.8, 4) is 0 Å². The number of nitrogens with two attached hydrogens (primary N) is 1. The predicted octanol–water partition coefficient (Wildman–Crippen LogP) is 1.98. The van der Waals surface area contributed by atoms with Crippen molar-refractivity contribution in [2.45, 2.75) is 18.5 Å². The molecule has 2 atom stereocenters. The number of nitrogens with zero attached hydrogens (tertiary/aromatic N) is 2. The molecule has 1 fully saturated rings. The van der Waals surface area contributed by atoms with Crippen LogP contribution in [0.15, 0.2) is 24.3 Å².